The van der Waals surface area contributed by atoms with Crippen molar-refractivity contribution in [2.24, 2.45) is 0 Å². The Morgan fingerprint density at radius 2 is 0.929 bits per heavy atom. The zero-order chi connectivity index (χ0) is 8.93. The van der Waals surface area contributed by atoms with Crippen molar-refractivity contribution >= 4 is 11.8 Å². The van der Waals surface area contributed by atoms with Gasteiger partial charge in [0.15, 0.2) is 0 Å². The van der Waals surface area contributed by atoms with Gasteiger partial charge in [0.25, 0.3) is 0 Å². The minimum atomic E-state index is 0. The summed E-state index contributed by atoms with van der Waals surface area (Å²) in [5.74, 6) is 0. The Labute approximate surface area is 103 Å². The Morgan fingerprint density at radius 1 is 0.571 bits per heavy atom. The molecule has 0 bridgehead atoms. The fourth-order valence-electron chi connectivity index (χ4n) is 1.11. The van der Waals surface area contributed by atoms with E-state index in [0.717, 1.165) is 0 Å². The van der Waals surface area contributed by atoms with Crippen LogP contribution in [0.15, 0.2) is 70.5 Å². The summed E-state index contributed by atoms with van der Waals surface area (Å²) in [5.41, 5.74) is 0. The topological polar surface area (TPSA) is 0 Å². The van der Waals surface area contributed by atoms with Gasteiger partial charge in [-0.25, -0.2) is 0 Å². The van der Waals surface area contributed by atoms with E-state index in [4.69, 9.17) is 0 Å². The molecule has 2 aromatic carbocycles. The predicted octanol–water partition coefficient (Wildman–Crippen LogP) is 3.84. The number of rotatable bonds is 2. The molecule has 2 heteroatoms. The van der Waals surface area contributed by atoms with Crippen LogP contribution < -0.4 is 0 Å². The fourth-order valence-corrected chi connectivity index (χ4v) is 1.97. The van der Waals surface area contributed by atoms with Crippen LogP contribution in [0.1, 0.15) is 0 Å². The van der Waals surface area contributed by atoms with Crippen LogP contribution in [-0.4, -0.2) is 0 Å². The first kappa shape index (κ1) is 11.6. The first-order valence-electron chi connectivity index (χ1n) is 4.23. The van der Waals surface area contributed by atoms with Gasteiger partial charge in [-0.2, -0.15) is 0 Å². The number of benzene rings is 2. The summed E-state index contributed by atoms with van der Waals surface area (Å²) in [6, 6.07) is 20.8. The number of hydrogen-bond acceptors (Lipinski definition) is 1. The molecule has 0 atom stereocenters. The maximum Gasteiger partial charge on any atom is 0.0122 e. The zero-order valence-electron chi connectivity index (χ0n) is 7.59. The van der Waals surface area contributed by atoms with Crippen molar-refractivity contribution in [3.8, 4) is 0 Å². The number of hydrogen-bond donors (Lipinski definition) is 0. The van der Waals surface area contributed by atoms with Crippen molar-refractivity contribution in [1.29, 1.82) is 0 Å². The molecule has 14 heavy (non-hydrogen) atoms. The van der Waals surface area contributed by atoms with Crippen molar-refractivity contribution in [1.82, 2.24) is 0 Å². The summed E-state index contributed by atoms with van der Waals surface area (Å²) in [6.07, 6.45) is 0. The van der Waals surface area contributed by atoms with E-state index in [9.17, 15) is 0 Å². The van der Waals surface area contributed by atoms with Gasteiger partial charge in [-0.1, -0.05) is 48.2 Å². The van der Waals surface area contributed by atoms with Gasteiger partial charge in [-0.05, 0) is 24.3 Å². The molecule has 0 heterocycles. The van der Waals surface area contributed by atoms with Gasteiger partial charge in [0, 0.05) is 30.9 Å². The molecule has 0 N–H and O–H groups in total. The molecule has 0 spiro atoms. The van der Waals surface area contributed by atoms with Crippen LogP contribution in [0.3, 0.4) is 0 Å². The average molecular weight is 370 g/mol. The standard InChI is InChI=1S/C12H10S.W/c1-3-7-11(8-4-1)13-12-9-5-2-6-10-12;/h1-10H;. The maximum atomic E-state index is 2.12. The van der Waals surface area contributed by atoms with E-state index in [2.05, 4.69) is 48.5 Å². The first-order chi connectivity index (χ1) is 6.45. The molecule has 70 valence electrons. The summed E-state index contributed by atoms with van der Waals surface area (Å²) in [7, 11) is 0. The van der Waals surface area contributed by atoms with Crippen molar-refractivity contribution < 1.29 is 21.1 Å². The average Bonchev–Trinajstić information content (AvgIpc) is 2.21. The molecule has 2 rings (SSSR count). The Hall–Kier alpha value is -0.522. The minimum absolute atomic E-state index is 0. The van der Waals surface area contributed by atoms with Crippen molar-refractivity contribution in [3.05, 3.63) is 60.7 Å². The summed E-state index contributed by atoms with van der Waals surface area (Å²) in [4.78, 5) is 2.57. The molecule has 2 aromatic rings. The van der Waals surface area contributed by atoms with Crippen molar-refractivity contribution in [3.63, 3.8) is 0 Å². The second-order valence-corrected chi connectivity index (χ2v) is 3.88. The third-order valence-corrected chi connectivity index (χ3v) is 2.74. The Morgan fingerprint density at radius 3 is 1.29 bits per heavy atom. The van der Waals surface area contributed by atoms with Crippen LogP contribution in [-0.2, 0) is 21.1 Å². The molecule has 0 fully saturated rings. The van der Waals surface area contributed by atoms with Gasteiger partial charge >= 0.3 is 0 Å². The van der Waals surface area contributed by atoms with Crippen molar-refractivity contribution in [2.75, 3.05) is 0 Å². The van der Waals surface area contributed by atoms with Crippen LogP contribution in [0.2, 0.25) is 0 Å². The molecule has 0 aliphatic heterocycles. The van der Waals surface area contributed by atoms with Gasteiger partial charge in [-0.3, -0.25) is 0 Å². The smallest absolute Gasteiger partial charge is 0.0122 e. The third kappa shape index (κ3) is 3.32. The molecule has 0 unspecified atom stereocenters. The molecule has 0 aromatic heterocycles. The zero-order valence-corrected chi connectivity index (χ0v) is 11.3. The van der Waals surface area contributed by atoms with E-state index in [0.29, 0.717) is 0 Å². The van der Waals surface area contributed by atoms with E-state index in [1.165, 1.54) is 9.79 Å². The molecular formula is C12H10SW. The molecule has 0 amide bonds. The van der Waals surface area contributed by atoms with Crippen LogP contribution >= 0.6 is 11.8 Å². The normalized spacial score (nSPS) is 9.14. The van der Waals surface area contributed by atoms with Crippen LogP contribution in [0.5, 0.6) is 0 Å². The summed E-state index contributed by atoms with van der Waals surface area (Å²) >= 11 is 1.79. The SMILES string of the molecule is [W].c1ccc(Sc2ccccc2)cc1. The van der Waals surface area contributed by atoms with E-state index in [-0.39, 0.29) is 21.1 Å². The van der Waals surface area contributed by atoms with E-state index >= 15 is 0 Å². The summed E-state index contributed by atoms with van der Waals surface area (Å²) < 4.78 is 0. The largest absolute Gasteiger partial charge is 0.0901 e. The molecule has 0 aliphatic rings. The molecule has 0 aliphatic carbocycles. The third-order valence-electron chi connectivity index (χ3n) is 1.72. The molecule has 0 saturated heterocycles. The predicted molar refractivity (Wildman–Crippen MR) is 57.0 cm³/mol. The minimum Gasteiger partial charge on any atom is -0.0901 e. The molecular weight excluding hydrogens is 360 g/mol. The maximum absolute atomic E-state index is 2.12. The van der Waals surface area contributed by atoms with Gasteiger partial charge in [0.05, 0.1) is 0 Å². The van der Waals surface area contributed by atoms with E-state index < -0.39 is 0 Å². The van der Waals surface area contributed by atoms with Gasteiger partial charge in [-0.15, -0.1) is 0 Å². The molecule has 0 nitrogen and oxygen atoms in total. The van der Waals surface area contributed by atoms with E-state index in [1.54, 1.807) is 11.8 Å². The van der Waals surface area contributed by atoms with Crippen LogP contribution in [0.4, 0.5) is 0 Å². The van der Waals surface area contributed by atoms with Gasteiger partial charge in [0.2, 0.25) is 0 Å². The molecule has 0 radical (unpaired) electrons. The van der Waals surface area contributed by atoms with Crippen LogP contribution in [0, 0.1) is 0 Å². The van der Waals surface area contributed by atoms with Gasteiger partial charge < -0.3 is 0 Å². The second-order valence-electron chi connectivity index (χ2n) is 2.73. The van der Waals surface area contributed by atoms with Crippen LogP contribution in [0.25, 0.3) is 0 Å². The van der Waals surface area contributed by atoms with Crippen molar-refractivity contribution in [2.45, 2.75) is 9.79 Å². The monoisotopic (exact) mass is 370 g/mol. The Kier molecular flexibility index (Phi) is 5.00. The van der Waals surface area contributed by atoms with Gasteiger partial charge in [0.1, 0.15) is 0 Å². The first-order valence-corrected chi connectivity index (χ1v) is 5.05. The Balaban J connectivity index is 0.000000980. The Bertz CT molecular complexity index is 321. The fraction of sp³-hybridized carbons (Fsp3) is 0. The molecule has 0 saturated carbocycles. The quantitative estimate of drug-likeness (QED) is 0.775. The summed E-state index contributed by atoms with van der Waals surface area (Å²) in [5, 5.41) is 0. The summed E-state index contributed by atoms with van der Waals surface area (Å²) in [6.45, 7) is 0. The second kappa shape index (κ2) is 6.05. The van der Waals surface area contributed by atoms with E-state index in [1.807, 2.05) is 12.1 Å².